The Labute approximate surface area is 206 Å². The lowest BCUT2D eigenvalue weighted by Gasteiger charge is -2.17. The highest BCUT2D eigenvalue weighted by Gasteiger charge is 2.20. The molecule has 0 amide bonds. The van der Waals surface area contributed by atoms with Gasteiger partial charge in [0.15, 0.2) is 10.8 Å². The molecule has 0 aliphatic heterocycles. The molecule has 0 aliphatic carbocycles. The van der Waals surface area contributed by atoms with Gasteiger partial charge in [-0.15, -0.1) is 22.7 Å². The van der Waals surface area contributed by atoms with Crippen molar-refractivity contribution >= 4 is 50.4 Å². The zero-order valence-corrected chi connectivity index (χ0v) is 20.7. The summed E-state index contributed by atoms with van der Waals surface area (Å²) in [6.07, 6.45) is 0.579. The Hall–Kier alpha value is -3.28. The third kappa shape index (κ3) is 6.19. The molecule has 34 heavy (non-hydrogen) atoms. The summed E-state index contributed by atoms with van der Waals surface area (Å²) in [6, 6.07) is 16.9. The van der Waals surface area contributed by atoms with Gasteiger partial charge in [-0.1, -0.05) is 42.5 Å². The van der Waals surface area contributed by atoms with E-state index in [1.54, 1.807) is 35.8 Å². The first-order valence-electron chi connectivity index (χ1n) is 10.4. The van der Waals surface area contributed by atoms with Crippen molar-refractivity contribution in [1.82, 2.24) is 9.97 Å². The highest BCUT2D eigenvalue weighted by atomic mass is 32.2. The fourth-order valence-electron chi connectivity index (χ4n) is 3.23. The fraction of sp³-hybridized carbons (Fsp3) is 0.174. The van der Waals surface area contributed by atoms with Gasteiger partial charge in [0.1, 0.15) is 5.01 Å². The van der Waals surface area contributed by atoms with Crippen LogP contribution in [0.2, 0.25) is 0 Å². The number of nitrogens with zero attached hydrogens (tertiary/aromatic N) is 2. The maximum absolute atomic E-state index is 12.0. The summed E-state index contributed by atoms with van der Waals surface area (Å²) < 4.78 is 29.2. The van der Waals surface area contributed by atoms with Gasteiger partial charge in [0.05, 0.1) is 18.3 Å². The van der Waals surface area contributed by atoms with E-state index in [1.807, 2.05) is 47.8 Å². The molecule has 0 bridgehead atoms. The second-order valence-electron chi connectivity index (χ2n) is 7.17. The summed E-state index contributed by atoms with van der Waals surface area (Å²) in [5.41, 5.74) is 3.64. The van der Waals surface area contributed by atoms with E-state index < -0.39 is 16.9 Å². The van der Waals surface area contributed by atoms with Crippen molar-refractivity contribution in [2.75, 3.05) is 16.6 Å². The Morgan fingerprint density at radius 2 is 1.79 bits per heavy atom. The normalized spacial score (nSPS) is 11.8. The molecular weight excluding hydrogens is 492 g/mol. The minimum atomic E-state index is -2.71. The van der Waals surface area contributed by atoms with Crippen LogP contribution in [0, 0.1) is 0 Å². The van der Waals surface area contributed by atoms with E-state index in [9.17, 15) is 13.2 Å². The van der Waals surface area contributed by atoms with Gasteiger partial charge in [-0.05, 0) is 31.0 Å². The highest BCUT2D eigenvalue weighted by Crippen LogP contribution is 2.31. The Morgan fingerprint density at radius 3 is 2.50 bits per heavy atom. The molecule has 2 N–H and O–H groups in total. The van der Waals surface area contributed by atoms with Crippen LogP contribution in [0.3, 0.4) is 0 Å². The van der Waals surface area contributed by atoms with Gasteiger partial charge in [-0.3, -0.25) is 4.72 Å². The van der Waals surface area contributed by atoms with Crippen molar-refractivity contribution in [2.24, 2.45) is 0 Å². The first kappa shape index (κ1) is 23.9. The summed E-state index contributed by atoms with van der Waals surface area (Å²) in [5.74, 6) is -0.455. The smallest absolute Gasteiger partial charge is 0.357 e. The predicted molar refractivity (Wildman–Crippen MR) is 136 cm³/mol. The maximum atomic E-state index is 12.0. The van der Waals surface area contributed by atoms with Crippen molar-refractivity contribution in [2.45, 2.75) is 19.4 Å². The number of thiazole rings is 2. The third-order valence-electron chi connectivity index (χ3n) is 4.80. The van der Waals surface area contributed by atoms with Crippen molar-refractivity contribution in [3.8, 4) is 10.6 Å². The van der Waals surface area contributed by atoms with E-state index in [1.165, 1.54) is 11.3 Å². The van der Waals surface area contributed by atoms with E-state index in [0.717, 1.165) is 21.8 Å². The minimum absolute atomic E-state index is 0.218. The quantitative estimate of drug-likeness (QED) is 0.206. The summed E-state index contributed by atoms with van der Waals surface area (Å²) in [7, 11) is -2.71. The lowest BCUT2D eigenvalue weighted by atomic mass is 10.0. The Morgan fingerprint density at radius 1 is 1.03 bits per heavy atom. The van der Waals surface area contributed by atoms with Crippen LogP contribution in [0.4, 0.5) is 10.8 Å². The van der Waals surface area contributed by atoms with Crippen molar-refractivity contribution in [3.05, 3.63) is 82.3 Å². The number of carbonyl (C=O) groups is 1. The molecule has 0 saturated carbocycles. The number of hydrogen-bond donors (Lipinski definition) is 3. The third-order valence-corrected chi connectivity index (χ3v) is 6.92. The number of nitrogens with one attached hydrogen (secondary N) is 2. The second-order valence-corrected chi connectivity index (χ2v) is 9.62. The van der Waals surface area contributed by atoms with E-state index in [0.29, 0.717) is 17.2 Å². The number of benzene rings is 2. The van der Waals surface area contributed by atoms with Crippen LogP contribution in [-0.2, 0) is 22.0 Å². The number of ether oxygens (including phenoxy) is 1. The second kappa shape index (κ2) is 11.2. The summed E-state index contributed by atoms with van der Waals surface area (Å²) in [5, 5.41) is 8.58. The fourth-order valence-corrected chi connectivity index (χ4v) is 5.21. The van der Waals surface area contributed by atoms with Gasteiger partial charge < -0.3 is 10.1 Å². The first-order chi connectivity index (χ1) is 16.5. The molecular formula is C23H22N4O4S3. The zero-order chi connectivity index (χ0) is 23.9. The highest BCUT2D eigenvalue weighted by molar-refractivity contribution is 7.73. The molecule has 4 aromatic rings. The summed E-state index contributed by atoms with van der Waals surface area (Å²) in [4.78, 5) is 21.2. The number of anilines is 2. The van der Waals surface area contributed by atoms with Gasteiger partial charge in [0.25, 0.3) is 0 Å². The molecule has 4 rings (SSSR count). The van der Waals surface area contributed by atoms with Crippen LogP contribution >= 0.6 is 22.7 Å². The lowest BCUT2D eigenvalue weighted by molar-refractivity contribution is 0.0520. The summed E-state index contributed by atoms with van der Waals surface area (Å²) >= 11 is 2.88. The van der Waals surface area contributed by atoms with E-state index >= 15 is 0 Å². The molecule has 0 saturated heterocycles. The average molecular weight is 515 g/mol. The van der Waals surface area contributed by atoms with Crippen molar-refractivity contribution < 1.29 is 17.9 Å². The standard InChI is InChI=1S/C23H22N4O4S3/c1-2-31-22(28)20-14-33-23(26-20)25-18(12-15-8-10-17(11-9-15)27-34(29)30)19-13-32-21(24-19)16-6-4-3-5-7-16/h3-11,13-14,18,34H,2,12H2,1H3,(H,25,26)(H,27,29,30)/t18-/m0/s1. The molecule has 2 heterocycles. The number of rotatable bonds is 10. The topological polar surface area (TPSA) is 110 Å². The van der Waals surface area contributed by atoms with E-state index in [4.69, 9.17) is 9.72 Å². The molecule has 0 fully saturated rings. The van der Waals surface area contributed by atoms with Gasteiger partial charge in [0.2, 0.25) is 10.9 Å². The van der Waals surface area contributed by atoms with Crippen LogP contribution in [0.5, 0.6) is 0 Å². The van der Waals surface area contributed by atoms with Crippen LogP contribution in [-0.4, -0.2) is 31.0 Å². The predicted octanol–water partition coefficient (Wildman–Crippen LogP) is 4.78. The monoisotopic (exact) mass is 514 g/mol. The zero-order valence-electron chi connectivity index (χ0n) is 18.1. The Bertz CT molecular complexity index is 1310. The number of hydrogen-bond acceptors (Lipinski definition) is 9. The van der Waals surface area contributed by atoms with Gasteiger partial charge in [-0.2, -0.15) is 0 Å². The largest absolute Gasteiger partial charge is 0.461 e. The number of esters is 1. The van der Waals surface area contributed by atoms with Crippen LogP contribution in [0.25, 0.3) is 10.6 Å². The SMILES string of the molecule is CCOC(=O)c1csc(N[C@@H](Cc2ccc(N[SH](=O)=O)cc2)c2csc(-c3ccccc3)n2)n1. The number of carbonyl (C=O) groups excluding carboxylic acids is 1. The molecule has 11 heteroatoms. The van der Waals surface area contributed by atoms with Crippen LogP contribution < -0.4 is 10.0 Å². The molecule has 0 unspecified atom stereocenters. The number of aromatic nitrogens is 2. The molecule has 176 valence electrons. The van der Waals surface area contributed by atoms with Crippen LogP contribution in [0.15, 0.2) is 65.4 Å². The molecule has 8 nitrogen and oxygen atoms in total. The Kier molecular flexibility index (Phi) is 7.88. The molecule has 2 aromatic carbocycles. The van der Waals surface area contributed by atoms with Gasteiger partial charge in [-0.25, -0.2) is 23.2 Å². The molecule has 0 radical (unpaired) electrons. The van der Waals surface area contributed by atoms with Crippen molar-refractivity contribution in [3.63, 3.8) is 0 Å². The lowest BCUT2D eigenvalue weighted by Crippen LogP contribution is -2.14. The average Bonchev–Trinajstić information content (AvgIpc) is 3.51. The Balaban J connectivity index is 1.59. The molecule has 0 aliphatic rings. The molecule has 0 spiro atoms. The van der Waals surface area contributed by atoms with Crippen molar-refractivity contribution in [1.29, 1.82) is 0 Å². The number of thiol groups is 1. The molecule has 1 atom stereocenters. The molecule has 2 aromatic heterocycles. The van der Waals surface area contributed by atoms with E-state index in [2.05, 4.69) is 15.0 Å². The maximum Gasteiger partial charge on any atom is 0.357 e. The van der Waals surface area contributed by atoms with Crippen LogP contribution in [0.1, 0.15) is 34.7 Å². The first-order valence-corrected chi connectivity index (χ1v) is 13.4. The summed E-state index contributed by atoms with van der Waals surface area (Å²) in [6.45, 7) is 2.04. The van der Waals surface area contributed by atoms with E-state index in [-0.39, 0.29) is 18.3 Å². The van der Waals surface area contributed by atoms with Gasteiger partial charge >= 0.3 is 5.97 Å². The van der Waals surface area contributed by atoms with Gasteiger partial charge in [0, 0.05) is 22.0 Å². The minimum Gasteiger partial charge on any atom is -0.461 e.